The van der Waals surface area contributed by atoms with Gasteiger partial charge < -0.3 is 15.4 Å². The summed E-state index contributed by atoms with van der Waals surface area (Å²) in [5.74, 6) is -5.89. The fraction of sp³-hybridized carbons (Fsp3) is 0.136. The highest BCUT2D eigenvalue weighted by Gasteiger charge is 2.46. The van der Waals surface area contributed by atoms with Gasteiger partial charge in [0.1, 0.15) is 5.82 Å². The van der Waals surface area contributed by atoms with Crippen LogP contribution >= 0.6 is 9.24 Å². The molecule has 166 valence electrons. The number of benzene rings is 3. The van der Waals surface area contributed by atoms with Crippen LogP contribution in [-0.2, 0) is 11.3 Å². The molecule has 1 aliphatic heterocycles. The van der Waals surface area contributed by atoms with Crippen molar-refractivity contribution in [2.24, 2.45) is 0 Å². The Morgan fingerprint density at radius 3 is 2.44 bits per heavy atom. The van der Waals surface area contributed by atoms with E-state index in [9.17, 15) is 18.0 Å². The topological polar surface area (TPSA) is 50.4 Å². The number of carbonyl (C=O) groups is 1. The average Bonchev–Trinajstić information content (AvgIpc) is 2.75. The van der Waals surface area contributed by atoms with Crippen molar-refractivity contribution in [3.8, 4) is 16.9 Å². The first kappa shape index (κ1) is 22.0. The van der Waals surface area contributed by atoms with Crippen molar-refractivity contribution in [2.45, 2.75) is 19.6 Å². The zero-order valence-corrected chi connectivity index (χ0v) is 17.7. The molecule has 3 aromatic rings. The van der Waals surface area contributed by atoms with E-state index in [1.807, 2.05) is 5.32 Å². The predicted molar refractivity (Wildman–Crippen MR) is 114 cm³/mol. The van der Waals surface area contributed by atoms with Crippen molar-refractivity contribution in [1.82, 2.24) is 0 Å². The van der Waals surface area contributed by atoms with Gasteiger partial charge >= 0.3 is 12.0 Å². The molecule has 1 heterocycles. The number of nitrogens with one attached hydrogen (secondary N) is 2. The molecule has 1 unspecified atom stereocenters. The molecule has 10 heteroatoms. The van der Waals surface area contributed by atoms with Crippen LogP contribution in [0.4, 0.5) is 33.3 Å². The minimum atomic E-state index is -4.09. The third-order valence-corrected chi connectivity index (χ3v) is 5.52. The second-order valence-corrected chi connectivity index (χ2v) is 7.79. The molecule has 1 atom stereocenters. The maximum absolute atomic E-state index is 15.2. The number of hydrogen-bond donors (Lipinski definition) is 2. The van der Waals surface area contributed by atoms with Crippen molar-refractivity contribution in [1.29, 1.82) is 0 Å². The molecule has 0 saturated carbocycles. The van der Waals surface area contributed by atoms with E-state index in [0.717, 1.165) is 17.7 Å². The Labute approximate surface area is 182 Å². The number of ether oxygens (including phenoxy) is 1. The molecule has 0 bridgehead atoms. The van der Waals surface area contributed by atoms with E-state index in [0.29, 0.717) is 0 Å². The summed E-state index contributed by atoms with van der Waals surface area (Å²) in [6, 6.07) is 11.0. The summed E-state index contributed by atoms with van der Waals surface area (Å²) in [6.07, 6.45) is -4.09. The number of carbonyl (C=O) groups excluding carboxylic acids is 1. The Morgan fingerprint density at radius 1 is 1.06 bits per heavy atom. The van der Waals surface area contributed by atoms with Gasteiger partial charge in [0.15, 0.2) is 17.4 Å². The van der Waals surface area contributed by atoms with E-state index in [2.05, 4.69) is 19.3 Å². The monoisotopic (exact) mass is 466 g/mol. The van der Waals surface area contributed by atoms with E-state index >= 15 is 8.78 Å². The van der Waals surface area contributed by atoms with Crippen molar-refractivity contribution in [2.75, 3.05) is 10.6 Å². The number of hydrogen-bond acceptors (Lipinski definition) is 3. The fourth-order valence-corrected chi connectivity index (χ4v) is 3.76. The molecule has 0 aromatic heterocycles. The van der Waals surface area contributed by atoms with Gasteiger partial charge in [-0.1, -0.05) is 30.3 Å². The molecule has 1 amide bonds. The summed E-state index contributed by atoms with van der Waals surface area (Å²) in [5, 5.41) is 4.71. The first-order valence-corrected chi connectivity index (χ1v) is 9.95. The summed E-state index contributed by atoms with van der Waals surface area (Å²) in [4.78, 5) is 11.5. The zero-order chi connectivity index (χ0) is 23.2. The van der Waals surface area contributed by atoms with Gasteiger partial charge in [0.25, 0.3) is 0 Å². The van der Waals surface area contributed by atoms with Crippen LogP contribution < -0.4 is 20.7 Å². The van der Waals surface area contributed by atoms with E-state index in [4.69, 9.17) is 0 Å². The van der Waals surface area contributed by atoms with Crippen LogP contribution in [0.15, 0.2) is 42.5 Å². The molecular weight excluding hydrogens is 450 g/mol. The first-order valence-electron chi connectivity index (χ1n) is 9.37. The molecule has 0 spiro atoms. The largest absolute Gasteiger partial charge is 0.482 e. The Morgan fingerprint density at radius 2 is 1.75 bits per heavy atom. The molecule has 1 aliphatic rings. The van der Waals surface area contributed by atoms with E-state index in [1.165, 1.54) is 6.92 Å². The minimum Gasteiger partial charge on any atom is -0.423 e. The summed E-state index contributed by atoms with van der Waals surface area (Å²) in [6.45, 7) is 1.43. The summed E-state index contributed by atoms with van der Waals surface area (Å²) in [5.41, 5.74) is -0.758. The second kappa shape index (κ2) is 8.06. The van der Waals surface area contributed by atoms with Crippen LogP contribution in [0.1, 0.15) is 11.1 Å². The van der Waals surface area contributed by atoms with E-state index in [1.54, 1.807) is 30.3 Å². The summed E-state index contributed by atoms with van der Waals surface area (Å²) >= 11 is 0. The molecule has 0 saturated heterocycles. The van der Waals surface area contributed by atoms with Crippen LogP contribution in [0, 0.1) is 24.4 Å². The maximum atomic E-state index is 15.2. The van der Waals surface area contributed by atoms with Gasteiger partial charge in [0.05, 0.1) is 16.9 Å². The highest BCUT2D eigenvalue weighted by molar-refractivity contribution is 7.28. The second-order valence-electron chi connectivity index (χ2n) is 7.16. The zero-order valence-electron chi connectivity index (χ0n) is 16.5. The van der Waals surface area contributed by atoms with Gasteiger partial charge in [0.2, 0.25) is 0 Å². The number of anilines is 2. The lowest BCUT2D eigenvalue weighted by molar-refractivity contribution is -0.189. The number of amides is 1. The van der Waals surface area contributed by atoms with Gasteiger partial charge in [-0.2, -0.15) is 8.78 Å². The highest BCUT2D eigenvalue weighted by Crippen LogP contribution is 2.41. The molecule has 0 fully saturated rings. The van der Waals surface area contributed by atoms with Crippen LogP contribution in [-0.4, -0.2) is 12.0 Å². The van der Waals surface area contributed by atoms with Gasteiger partial charge in [-0.05, 0) is 35.5 Å². The summed E-state index contributed by atoms with van der Waals surface area (Å²) < 4.78 is 76.5. The Balaban J connectivity index is 1.77. The molecule has 4 nitrogen and oxygen atoms in total. The highest BCUT2D eigenvalue weighted by atomic mass is 31.0. The number of rotatable bonds is 4. The predicted octanol–water partition coefficient (Wildman–Crippen LogP) is 5.12. The third kappa shape index (κ3) is 3.77. The molecule has 32 heavy (non-hydrogen) atoms. The smallest absolute Gasteiger partial charge is 0.423 e. The fourth-order valence-electron chi connectivity index (χ4n) is 3.38. The normalized spacial score (nSPS) is 14.4. The Hall–Kier alpha value is -3.19. The van der Waals surface area contributed by atoms with Gasteiger partial charge in [-0.15, -0.1) is 9.24 Å². The lowest BCUT2D eigenvalue weighted by Gasteiger charge is -2.26. The van der Waals surface area contributed by atoms with Crippen molar-refractivity contribution in [3.05, 3.63) is 71.0 Å². The molecule has 3 aromatic carbocycles. The van der Waals surface area contributed by atoms with Gasteiger partial charge in [0, 0.05) is 12.1 Å². The van der Waals surface area contributed by atoms with E-state index < -0.39 is 35.0 Å². The molecule has 0 radical (unpaired) electrons. The van der Waals surface area contributed by atoms with E-state index in [-0.39, 0.29) is 40.1 Å². The third-order valence-electron chi connectivity index (χ3n) is 5.04. The molecular formula is C22H16F5N2O2P. The van der Waals surface area contributed by atoms with Crippen LogP contribution in [0.2, 0.25) is 0 Å². The summed E-state index contributed by atoms with van der Waals surface area (Å²) in [7, 11) is 2.14. The first-order chi connectivity index (χ1) is 15.1. The number of halogens is 5. The van der Waals surface area contributed by atoms with Crippen molar-refractivity contribution in [3.63, 3.8) is 0 Å². The molecule has 2 N–H and O–H groups in total. The molecule has 0 aliphatic carbocycles. The van der Waals surface area contributed by atoms with Crippen LogP contribution in [0.3, 0.4) is 0 Å². The number of fused-ring (bicyclic) bond motifs is 1. The quantitative estimate of drug-likeness (QED) is 0.319. The average molecular weight is 466 g/mol. The van der Waals surface area contributed by atoms with Gasteiger partial charge in [-0.3, -0.25) is 4.79 Å². The maximum Gasteiger partial charge on any atom is 0.482 e. The standard InChI is InChI=1S/C22H16F5N2O2P/c1-10-17(23)16(18(24)19(25)20(10)28-9-11-5-3-2-4-6-11)12-7-13-14(8-15(12)32)31-22(26,27)21(30)29-13/h2-8,28H,9,32H2,1H3,(H,29,30). The Kier molecular flexibility index (Phi) is 5.54. The van der Waals surface area contributed by atoms with Crippen molar-refractivity contribution >= 4 is 31.8 Å². The molecule has 4 rings (SSSR count). The minimum absolute atomic E-state index is 0.0669. The van der Waals surface area contributed by atoms with Crippen molar-refractivity contribution < 1.29 is 31.5 Å². The Bertz CT molecular complexity index is 1210. The van der Waals surface area contributed by atoms with Crippen LogP contribution in [0.5, 0.6) is 5.75 Å². The van der Waals surface area contributed by atoms with Crippen LogP contribution in [0.25, 0.3) is 11.1 Å². The lowest BCUT2D eigenvalue weighted by atomic mass is 9.98. The van der Waals surface area contributed by atoms with Gasteiger partial charge in [-0.25, -0.2) is 13.2 Å². The number of alkyl halides is 2. The SMILES string of the molecule is Cc1c(F)c(-c2cc3c(cc2P)OC(F)(F)C(=O)N3)c(F)c(F)c1NCc1ccccc1. The lowest BCUT2D eigenvalue weighted by Crippen LogP contribution is -2.43.